The molecule has 0 aliphatic rings. The van der Waals surface area contributed by atoms with Crippen LogP contribution in [0.1, 0.15) is 19.4 Å². The molecule has 0 saturated carbocycles. The molecule has 15 heavy (non-hydrogen) atoms. The van der Waals surface area contributed by atoms with Gasteiger partial charge in [-0.15, -0.1) is 0 Å². The Bertz CT molecular complexity index is 286. The first-order valence-corrected chi connectivity index (χ1v) is 6.04. The number of hydrogen-bond acceptors (Lipinski definition) is 2. The number of nitrogens with two attached hydrogens (primary N) is 1. The highest BCUT2D eigenvalue weighted by Gasteiger charge is 2.12. The van der Waals surface area contributed by atoms with Gasteiger partial charge in [-0.05, 0) is 38.0 Å². The predicted molar refractivity (Wildman–Crippen MR) is 66.9 cm³/mol. The molecule has 0 bridgehead atoms. The van der Waals surface area contributed by atoms with Gasteiger partial charge < -0.3 is 10.5 Å². The number of rotatable bonds is 5. The minimum atomic E-state index is 0.0612. The monoisotopic (exact) mass is 271 g/mol. The van der Waals surface area contributed by atoms with E-state index in [2.05, 4.69) is 28.1 Å². The zero-order chi connectivity index (χ0) is 11.3. The van der Waals surface area contributed by atoms with Crippen molar-refractivity contribution in [2.75, 3.05) is 6.61 Å². The van der Waals surface area contributed by atoms with Crippen molar-refractivity contribution >= 4 is 15.9 Å². The smallest absolute Gasteiger partial charge is 0.0700 e. The molecule has 1 aromatic carbocycles. The van der Waals surface area contributed by atoms with Gasteiger partial charge in [-0.2, -0.15) is 0 Å². The second-order valence-electron chi connectivity index (χ2n) is 3.65. The average Bonchev–Trinajstić information content (AvgIpc) is 2.22. The Morgan fingerprint density at radius 3 is 2.47 bits per heavy atom. The van der Waals surface area contributed by atoms with Crippen molar-refractivity contribution in [3.63, 3.8) is 0 Å². The first-order chi connectivity index (χ1) is 7.13. The second kappa shape index (κ2) is 6.26. The molecule has 0 heterocycles. The Labute approximate surface area is 99.9 Å². The zero-order valence-corrected chi connectivity index (χ0v) is 10.8. The molecule has 0 spiro atoms. The van der Waals surface area contributed by atoms with Gasteiger partial charge in [0.1, 0.15) is 0 Å². The van der Waals surface area contributed by atoms with E-state index in [0.717, 1.165) is 17.5 Å². The summed E-state index contributed by atoms with van der Waals surface area (Å²) < 4.78 is 6.56. The summed E-state index contributed by atoms with van der Waals surface area (Å²) in [7, 11) is 0. The lowest BCUT2D eigenvalue weighted by atomic mass is 10.0. The van der Waals surface area contributed by atoms with Gasteiger partial charge in [0, 0.05) is 17.1 Å². The molecule has 0 amide bonds. The van der Waals surface area contributed by atoms with E-state index in [-0.39, 0.29) is 12.1 Å². The maximum absolute atomic E-state index is 6.04. The molecule has 3 heteroatoms. The fraction of sp³-hybridized carbons (Fsp3) is 0.500. The van der Waals surface area contributed by atoms with Crippen LogP contribution in [0.4, 0.5) is 0 Å². The SMILES string of the molecule is CCOC(C)C(N)Cc1ccc(Br)cc1. The van der Waals surface area contributed by atoms with E-state index >= 15 is 0 Å². The van der Waals surface area contributed by atoms with Gasteiger partial charge in [0.15, 0.2) is 0 Å². The van der Waals surface area contributed by atoms with Gasteiger partial charge in [0.05, 0.1) is 6.10 Å². The first kappa shape index (κ1) is 12.7. The van der Waals surface area contributed by atoms with Crippen LogP contribution in [0.3, 0.4) is 0 Å². The van der Waals surface area contributed by atoms with Crippen molar-refractivity contribution in [1.29, 1.82) is 0 Å². The Kier molecular flexibility index (Phi) is 5.29. The topological polar surface area (TPSA) is 35.2 Å². The summed E-state index contributed by atoms with van der Waals surface area (Å²) in [4.78, 5) is 0. The highest BCUT2D eigenvalue weighted by atomic mass is 79.9. The fourth-order valence-electron chi connectivity index (χ4n) is 1.45. The summed E-state index contributed by atoms with van der Waals surface area (Å²) in [6.45, 7) is 4.73. The van der Waals surface area contributed by atoms with Gasteiger partial charge >= 0.3 is 0 Å². The minimum absolute atomic E-state index is 0.0612. The van der Waals surface area contributed by atoms with Crippen LogP contribution in [0.15, 0.2) is 28.7 Å². The minimum Gasteiger partial charge on any atom is -0.377 e. The van der Waals surface area contributed by atoms with Crippen molar-refractivity contribution in [2.24, 2.45) is 5.73 Å². The van der Waals surface area contributed by atoms with Gasteiger partial charge in [0.2, 0.25) is 0 Å². The summed E-state index contributed by atoms with van der Waals surface area (Å²) in [5, 5.41) is 0. The average molecular weight is 272 g/mol. The van der Waals surface area contributed by atoms with Crippen molar-refractivity contribution in [2.45, 2.75) is 32.4 Å². The Morgan fingerprint density at radius 2 is 1.93 bits per heavy atom. The fourth-order valence-corrected chi connectivity index (χ4v) is 1.71. The van der Waals surface area contributed by atoms with Crippen LogP contribution in [-0.2, 0) is 11.2 Å². The van der Waals surface area contributed by atoms with Crippen LogP contribution in [0, 0.1) is 0 Å². The lowest BCUT2D eigenvalue weighted by Crippen LogP contribution is -2.36. The van der Waals surface area contributed by atoms with Crippen molar-refractivity contribution in [1.82, 2.24) is 0 Å². The molecular formula is C12H18BrNO. The summed E-state index contributed by atoms with van der Waals surface area (Å²) in [6, 6.07) is 8.30. The van der Waals surface area contributed by atoms with Gasteiger partial charge in [-0.25, -0.2) is 0 Å². The van der Waals surface area contributed by atoms with Crippen molar-refractivity contribution in [3.05, 3.63) is 34.3 Å². The van der Waals surface area contributed by atoms with E-state index in [9.17, 15) is 0 Å². The third kappa shape index (κ3) is 4.33. The summed E-state index contributed by atoms with van der Waals surface area (Å²) in [6.07, 6.45) is 0.965. The molecule has 0 radical (unpaired) electrons. The van der Waals surface area contributed by atoms with Crippen molar-refractivity contribution in [3.8, 4) is 0 Å². The molecule has 0 fully saturated rings. The third-order valence-electron chi connectivity index (χ3n) is 2.42. The lowest BCUT2D eigenvalue weighted by molar-refractivity contribution is 0.0577. The molecule has 0 aliphatic carbocycles. The number of halogens is 1. The second-order valence-corrected chi connectivity index (χ2v) is 4.57. The molecule has 2 nitrogen and oxygen atoms in total. The van der Waals surface area contributed by atoms with Crippen LogP contribution in [0.25, 0.3) is 0 Å². The van der Waals surface area contributed by atoms with Crippen LogP contribution >= 0.6 is 15.9 Å². The quantitative estimate of drug-likeness (QED) is 0.894. The molecule has 84 valence electrons. The molecule has 2 N–H and O–H groups in total. The molecule has 1 rings (SSSR count). The highest BCUT2D eigenvalue weighted by molar-refractivity contribution is 9.10. The predicted octanol–water partition coefficient (Wildman–Crippen LogP) is 2.74. The molecule has 0 aliphatic heterocycles. The van der Waals surface area contributed by atoms with Crippen LogP contribution in [-0.4, -0.2) is 18.8 Å². The Morgan fingerprint density at radius 1 is 1.33 bits per heavy atom. The maximum Gasteiger partial charge on any atom is 0.0700 e. The van der Waals surface area contributed by atoms with E-state index in [1.165, 1.54) is 5.56 Å². The summed E-state index contributed by atoms with van der Waals surface area (Å²) in [5.41, 5.74) is 7.28. The van der Waals surface area contributed by atoms with E-state index < -0.39 is 0 Å². The molecule has 0 saturated heterocycles. The van der Waals surface area contributed by atoms with E-state index in [1.54, 1.807) is 0 Å². The molecule has 2 unspecified atom stereocenters. The highest BCUT2D eigenvalue weighted by Crippen LogP contribution is 2.12. The molecular weight excluding hydrogens is 254 g/mol. The van der Waals surface area contributed by atoms with E-state index in [4.69, 9.17) is 10.5 Å². The van der Waals surface area contributed by atoms with E-state index in [0.29, 0.717) is 0 Å². The van der Waals surface area contributed by atoms with Crippen LogP contribution < -0.4 is 5.73 Å². The molecule has 0 aromatic heterocycles. The summed E-state index contributed by atoms with van der Waals surface area (Å²) >= 11 is 3.41. The van der Waals surface area contributed by atoms with Gasteiger partial charge in [0.25, 0.3) is 0 Å². The van der Waals surface area contributed by atoms with Crippen LogP contribution in [0.5, 0.6) is 0 Å². The standard InChI is InChI=1S/C12H18BrNO/c1-3-15-9(2)12(14)8-10-4-6-11(13)7-5-10/h4-7,9,12H,3,8,14H2,1-2H3. The third-order valence-corrected chi connectivity index (χ3v) is 2.95. The number of hydrogen-bond donors (Lipinski definition) is 1. The maximum atomic E-state index is 6.04. The largest absolute Gasteiger partial charge is 0.377 e. The normalized spacial score (nSPS) is 14.9. The zero-order valence-electron chi connectivity index (χ0n) is 9.24. The van der Waals surface area contributed by atoms with E-state index in [1.807, 2.05) is 26.0 Å². The van der Waals surface area contributed by atoms with Crippen LogP contribution in [0.2, 0.25) is 0 Å². The van der Waals surface area contributed by atoms with Gasteiger partial charge in [-0.1, -0.05) is 28.1 Å². The Hall–Kier alpha value is -0.380. The molecule has 2 atom stereocenters. The lowest BCUT2D eigenvalue weighted by Gasteiger charge is -2.19. The number of benzene rings is 1. The first-order valence-electron chi connectivity index (χ1n) is 5.25. The summed E-state index contributed by atoms with van der Waals surface area (Å²) in [5.74, 6) is 0. The molecule has 1 aromatic rings. The number of ether oxygens (including phenoxy) is 1. The van der Waals surface area contributed by atoms with Gasteiger partial charge in [-0.3, -0.25) is 0 Å². The Balaban J connectivity index is 2.50. The van der Waals surface area contributed by atoms with Crippen molar-refractivity contribution < 1.29 is 4.74 Å².